The maximum Gasteiger partial charge on any atom is 0.411 e. The molecular weight excluding hydrogens is 338 g/mol. The topological polar surface area (TPSA) is 93.0 Å². The maximum absolute atomic E-state index is 13.0. The summed E-state index contributed by atoms with van der Waals surface area (Å²) in [5.74, 6) is -0.261. The van der Waals surface area contributed by atoms with Crippen molar-refractivity contribution < 1.29 is 19.2 Å². The predicted molar refractivity (Wildman–Crippen MR) is 97.2 cm³/mol. The van der Waals surface area contributed by atoms with Gasteiger partial charge >= 0.3 is 6.09 Å². The average molecular weight is 363 g/mol. The highest BCUT2D eigenvalue weighted by Gasteiger charge is 2.46. The summed E-state index contributed by atoms with van der Waals surface area (Å²) in [7, 11) is 0. The van der Waals surface area contributed by atoms with Gasteiger partial charge < -0.3 is 9.64 Å². The van der Waals surface area contributed by atoms with Gasteiger partial charge in [0.15, 0.2) is 0 Å². The number of anilines is 1. The first kappa shape index (κ1) is 19.7. The first-order valence-corrected chi connectivity index (χ1v) is 8.42. The van der Waals surface area contributed by atoms with Crippen molar-refractivity contribution in [2.45, 2.75) is 52.7 Å². The molecule has 0 bridgehead atoms. The van der Waals surface area contributed by atoms with Gasteiger partial charge in [-0.15, -0.1) is 0 Å². The third-order valence-corrected chi connectivity index (χ3v) is 4.29. The van der Waals surface area contributed by atoms with Crippen LogP contribution in [0.3, 0.4) is 0 Å². The zero-order valence-corrected chi connectivity index (χ0v) is 16.0. The second-order valence-corrected chi connectivity index (χ2v) is 7.88. The predicted octanol–water partition coefficient (Wildman–Crippen LogP) is 3.27. The van der Waals surface area contributed by atoms with Gasteiger partial charge in [0.1, 0.15) is 11.1 Å². The van der Waals surface area contributed by atoms with E-state index in [-0.39, 0.29) is 11.6 Å². The number of ether oxygens (including phenoxy) is 1. The normalized spacial score (nSPS) is 17.2. The SMILES string of the molecule is Cc1cc(N2CCN(C(=O)OC(C)(C)C)C(C)(C)C2=O)ccc1[N+](=O)[O-]. The number of hydrogen-bond acceptors (Lipinski definition) is 5. The molecule has 142 valence electrons. The van der Waals surface area contributed by atoms with Crippen LogP contribution in [-0.2, 0) is 9.53 Å². The number of piperazine rings is 1. The van der Waals surface area contributed by atoms with Crippen LogP contribution in [0.5, 0.6) is 0 Å². The van der Waals surface area contributed by atoms with E-state index in [1.165, 1.54) is 11.0 Å². The Morgan fingerprint density at radius 2 is 1.88 bits per heavy atom. The van der Waals surface area contributed by atoms with E-state index in [2.05, 4.69) is 0 Å². The molecule has 0 spiro atoms. The third kappa shape index (κ3) is 3.79. The molecule has 0 unspecified atom stereocenters. The molecule has 0 aromatic heterocycles. The lowest BCUT2D eigenvalue weighted by molar-refractivity contribution is -0.385. The lowest BCUT2D eigenvalue weighted by Gasteiger charge is -2.45. The Morgan fingerprint density at radius 1 is 1.27 bits per heavy atom. The number of nitrogens with zero attached hydrogens (tertiary/aromatic N) is 3. The summed E-state index contributed by atoms with van der Waals surface area (Å²) >= 11 is 0. The standard InChI is InChI=1S/C18H25N3O5/c1-12-11-13(7-8-14(12)21(24)25)19-9-10-20(18(5,6)15(19)22)16(23)26-17(2,3)4/h7-8,11H,9-10H2,1-6H3. The van der Waals surface area contributed by atoms with Crippen molar-refractivity contribution >= 4 is 23.4 Å². The second-order valence-electron chi connectivity index (χ2n) is 7.88. The lowest BCUT2D eigenvalue weighted by atomic mass is 9.97. The number of nitro groups is 1. The summed E-state index contributed by atoms with van der Waals surface area (Å²) in [6.45, 7) is 10.9. The minimum absolute atomic E-state index is 0.00727. The molecular formula is C18H25N3O5. The number of amides is 2. The number of aryl methyl sites for hydroxylation is 1. The number of benzene rings is 1. The smallest absolute Gasteiger partial charge is 0.411 e. The van der Waals surface area contributed by atoms with Gasteiger partial charge in [0.05, 0.1) is 4.92 Å². The van der Waals surface area contributed by atoms with Crippen LogP contribution in [0, 0.1) is 17.0 Å². The van der Waals surface area contributed by atoms with Crippen molar-refractivity contribution in [1.29, 1.82) is 0 Å². The van der Waals surface area contributed by atoms with E-state index in [1.807, 2.05) is 0 Å². The molecule has 1 aliphatic heterocycles. The maximum atomic E-state index is 13.0. The second kappa shape index (κ2) is 6.59. The highest BCUT2D eigenvalue weighted by molar-refractivity contribution is 6.02. The molecule has 0 atom stereocenters. The van der Waals surface area contributed by atoms with Gasteiger partial charge in [-0.2, -0.15) is 0 Å². The Kier molecular flexibility index (Phi) is 4.98. The molecule has 26 heavy (non-hydrogen) atoms. The summed E-state index contributed by atoms with van der Waals surface area (Å²) in [6.07, 6.45) is -0.532. The third-order valence-electron chi connectivity index (χ3n) is 4.29. The molecule has 0 aliphatic carbocycles. The summed E-state index contributed by atoms with van der Waals surface area (Å²) in [5.41, 5.74) is -0.672. The number of hydrogen-bond donors (Lipinski definition) is 0. The summed E-state index contributed by atoms with van der Waals surface area (Å²) in [6, 6.07) is 4.57. The fourth-order valence-electron chi connectivity index (χ4n) is 2.92. The van der Waals surface area contributed by atoms with Crippen LogP contribution in [0.2, 0.25) is 0 Å². The van der Waals surface area contributed by atoms with Crippen LogP contribution < -0.4 is 4.90 Å². The molecule has 0 radical (unpaired) electrons. The van der Waals surface area contributed by atoms with Crippen molar-refractivity contribution in [3.63, 3.8) is 0 Å². The van der Waals surface area contributed by atoms with Gasteiger partial charge in [0.25, 0.3) is 11.6 Å². The molecule has 8 heteroatoms. The van der Waals surface area contributed by atoms with E-state index in [0.29, 0.717) is 24.3 Å². The van der Waals surface area contributed by atoms with Crippen molar-refractivity contribution in [3.05, 3.63) is 33.9 Å². The zero-order valence-electron chi connectivity index (χ0n) is 16.0. The summed E-state index contributed by atoms with van der Waals surface area (Å²) in [4.78, 5) is 39.0. The number of nitro benzene ring substituents is 1. The van der Waals surface area contributed by atoms with Gasteiger partial charge in [-0.1, -0.05) is 0 Å². The quantitative estimate of drug-likeness (QED) is 0.594. The molecule has 8 nitrogen and oxygen atoms in total. The minimum atomic E-state index is -1.09. The van der Waals surface area contributed by atoms with Gasteiger partial charge in [-0.25, -0.2) is 4.79 Å². The van der Waals surface area contributed by atoms with E-state index >= 15 is 0 Å². The van der Waals surface area contributed by atoms with Crippen LogP contribution in [0.25, 0.3) is 0 Å². The number of carbonyl (C=O) groups excluding carboxylic acids is 2. The van der Waals surface area contributed by atoms with Crippen molar-refractivity contribution in [2.75, 3.05) is 18.0 Å². The van der Waals surface area contributed by atoms with Crippen LogP contribution in [0.15, 0.2) is 18.2 Å². The van der Waals surface area contributed by atoms with Crippen LogP contribution in [0.1, 0.15) is 40.2 Å². The molecule has 0 N–H and O–H groups in total. The molecule has 2 amide bonds. The fraction of sp³-hybridized carbons (Fsp3) is 0.556. The minimum Gasteiger partial charge on any atom is -0.444 e. The van der Waals surface area contributed by atoms with Gasteiger partial charge in [0, 0.05) is 30.4 Å². The van der Waals surface area contributed by atoms with Crippen LogP contribution in [-0.4, -0.2) is 46.1 Å². The van der Waals surface area contributed by atoms with Crippen LogP contribution in [0.4, 0.5) is 16.2 Å². The molecule has 0 saturated carbocycles. The van der Waals surface area contributed by atoms with Crippen molar-refractivity contribution in [2.24, 2.45) is 0 Å². The Labute approximate surface area is 152 Å². The summed E-state index contributed by atoms with van der Waals surface area (Å²) in [5, 5.41) is 11.0. The molecule has 1 aliphatic rings. The molecule has 1 aromatic rings. The van der Waals surface area contributed by atoms with E-state index in [4.69, 9.17) is 4.74 Å². The molecule has 2 rings (SSSR count). The first-order valence-electron chi connectivity index (χ1n) is 8.42. The number of carbonyl (C=O) groups is 2. The molecule has 1 saturated heterocycles. The summed E-state index contributed by atoms with van der Waals surface area (Å²) < 4.78 is 5.40. The van der Waals surface area contributed by atoms with E-state index in [0.717, 1.165) is 0 Å². The van der Waals surface area contributed by atoms with Gasteiger partial charge in [0.2, 0.25) is 0 Å². The monoisotopic (exact) mass is 363 g/mol. The van der Waals surface area contributed by atoms with Crippen molar-refractivity contribution in [3.8, 4) is 0 Å². The molecule has 1 heterocycles. The Hall–Kier alpha value is -2.64. The Bertz CT molecular complexity index is 752. The highest BCUT2D eigenvalue weighted by atomic mass is 16.6. The highest BCUT2D eigenvalue weighted by Crippen LogP contribution is 2.31. The van der Waals surface area contributed by atoms with E-state index < -0.39 is 22.2 Å². The zero-order chi connectivity index (χ0) is 19.9. The molecule has 1 aromatic carbocycles. The van der Waals surface area contributed by atoms with Gasteiger partial charge in [-0.3, -0.25) is 19.8 Å². The Morgan fingerprint density at radius 3 is 2.38 bits per heavy atom. The largest absolute Gasteiger partial charge is 0.444 e. The number of rotatable bonds is 2. The Balaban J connectivity index is 2.27. The van der Waals surface area contributed by atoms with Crippen LogP contribution >= 0.6 is 0 Å². The molecule has 1 fully saturated rings. The van der Waals surface area contributed by atoms with Crippen molar-refractivity contribution in [1.82, 2.24) is 4.90 Å². The lowest BCUT2D eigenvalue weighted by Crippen LogP contribution is -2.65. The van der Waals surface area contributed by atoms with Gasteiger partial charge in [-0.05, 0) is 53.7 Å². The average Bonchev–Trinajstić information content (AvgIpc) is 2.47. The van der Waals surface area contributed by atoms with E-state index in [1.54, 1.807) is 58.6 Å². The first-order chi connectivity index (χ1) is 11.8. The van der Waals surface area contributed by atoms with E-state index in [9.17, 15) is 19.7 Å². The fourth-order valence-corrected chi connectivity index (χ4v) is 2.92.